The molecule has 0 spiro atoms. The lowest BCUT2D eigenvalue weighted by molar-refractivity contribution is 0.0729. The average molecular weight is 489 g/mol. The van der Waals surface area contributed by atoms with Crippen LogP contribution in [0.1, 0.15) is 59.0 Å². The van der Waals surface area contributed by atoms with E-state index in [0.717, 1.165) is 24.9 Å². The van der Waals surface area contributed by atoms with E-state index in [1.165, 1.54) is 37.1 Å². The Kier molecular flexibility index (Phi) is 8.64. The Hall–Kier alpha value is -2.62. The van der Waals surface area contributed by atoms with Gasteiger partial charge in [0.2, 0.25) is 0 Å². The van der Waals surface area contributed by atoms with Gasteiger partial charge in [0, 0.05) is 25.2 Å². The van der Waals surface area contributed by atoms with E-state index in [-0.39, 0.29) is 24.4 Å². The van der Waals surface area contributed by atoms with Crippen molar-refractivity contribution in [1.29, 1.82) is 0 Å². The van der Waals surface area contributed by atoms with Gasteiger partial charge in [0.15, 0.2) is 0 Å². The van der Waals surface area contributed by atoms with Gasteiger partial charge >= 0.3 is 0 Å². The van der Waals surface area contributed by atoms with Crippen molar-refractivity contribution in [3.8, 4) is 0 Å². The first-order valence-electron chi connectivity index (χ1n) is 12.8. The summed E-state index contributed by atoms with van der Waals surface area (Å²) in [4.78, 5) is 17.8. The van der Waals surface area contributed by atoms with Crippen LogP contribution in [0.15, 0.2) is 91.0 Å². The highest BCUT2D eigenvalue weighted by atomic mass is 35.5. The molecule has 3 aromatic carbocycles. The molecule has 3 unspecified atom stereocenters. The Balaban J connectivity index is 0.00000289. The molecular formula is C31H37ClN2O. The van der Waals surface area contributed by atoms with Crippen LogP contribution in [-0.4, -0.2) is 48.4 Å². The highest BCUT2D eigenvalue weighted by Crippen LogP contribution is 2.43. The van der Waals surface area contributed by atoms with E-state index in [1.54, 1.807) is 0 Å². The number of amides is 1. The smallest absolute Gasteiger partial charge is 0.253 e. The molecule has 1 saturated heterocycles. The van der Waals surface area contributed by atoms with Gasteiger partial charge in [0.1, 0.15) is 0 Å². The number of hydrogen-bond donors (Lipinski definition) is 0. The second-order valence-electron chi connectivity index (χ2n) is 10.2. The minimum Gasteiger partial charge on any atom is -0.339 e. The van der Waals surface area contributed by atoms with E-state index in [4.69, 9.17) is 0 Å². The summed E-state index contributed by atoms with van der Waals surface area (Å²) in [6, 6.07) is 32.0. The van der Waals surface area contributed by atoms with Gasteiger partial charge in [-0.15, -0.1) is 12.4 Å². The van der Waals surface area contributed by atoms with Crippen LogP contribution in [0.25, 0.3) is 0 Å². The molecule has 3 nitrogen and oxygen atoms in total. The topological polar surface area (TPSA) is 23.6 Å². The van der Waals surface area contributed by atoms with Crippen LogP contribution in [0.2, 0.25) is 0 Å². The number of carbonyl (C=O) groups excluding carboxylic acids is 1. The van der Waals surface area contributed by atoms with Crippen molar-refractivity contribution in [1.82, 2.24) is 9.80 Å². The molecule has 0 radical (unpaired) electrons. The lowest BCUT2D eigenvalue weighted by Crippen LogP contribution is -2.38. The zero-order valence-electron chi connectivity index (χ0n) is 20.6. The molecule has 3 aromatic rings. The molecule has 3 atom stereocenters. The number of piperidine rings is 1. The number of rotatable bonds is 6. The number of likely N-dealkylation sites (tertiary alicyclic amines) is 1. The Morgan fingerprint density at radius 3 is 1.94 bits per heavy atom. The first-order valence-corrected chi connectivity index (χ1v) is 12.8. The van der Waals surface area contributed by atoms with Crippen LogP contribution < -0.4 is 0 Å². The normalized spacial score (nSPS) is 22.9. The van der Waals surface area contributed by atoms with Gasteiger partial charge < -0.3 is 9.80 Å². The lowest BCUT2D eigenvalue weighted by Gasteiger charge is -2.35. The van der Waals surface area contributed by atoms with Gasteiger partial charge in [-0.3, -0.25) is 4.79 Å². The lowest BCUT2D eigenvalue weighted by atomic mass is 9.86. The molecule has 184 valence electrons. The van der Waals surface area contributed by atoms with Crippen LogP contribution in [0, 0.1) is 5.92 Å². The molecule has 0 bridgehead atoms. The molecule has 1 aliphatic heterocycles. The summed E-state index contributed by atoms with van der Waals surface area (Å²) in [5.41, 5.74) is 3.70. The molecule has 1 amide bonds. The number of nitrogens with zero attached hydrogens (tertiary/aromatic N) is 2. The summed E-state index contributed by atoms with van der Waals surface area (Å²) in [7, 11) is 2.00. The van der Waals surface area contributed by atoms with Crippen molar-refractivity contribution in [2.45, 2.75) is 43.6 Å². The van der Waals surface area contributed by atoms with Crippen LogP contribution in [0.3, 0.4) is 0 Å². The SMILES string of the molecule is CN(C(=O)c1ccccc1)C1CC(CN2CCC(c3ccccc3)CC2)C(c2ccccc2)C1.Cl. The molecule has 1 aliphatic carbocycles. The highest BCUT2D eigenvalue weighted by Gasteiger charge is 2.39. The summed E-state index contributed by atoms with van der Waals surface area (Å²) in [5, 5.41) is 0. The fraction of sp³-hybridized carbons (Fsp3) is 0.387. The van der Waals surface area contributed by atoms with E-state index in [1.807, 2.05) is 42.3 Å². The number of hydrogen-bond acceptors (Lipinski definition) is 2. The summed E-state index contributed by atoms with van der Waals surface area (Å²) in [6.45, 7) is 3.47. The summed E-state index contributed by atoms with van der Waals surface area (Å²) in [6.07, 6.45) is 4.60. The third kappa shape index (κ3) is 5.97. The number of halogens is 1. The number of benzene rings is 3. The van der Waals surface area contributed by atoms with E-state index in [0.29, 0.717) is 17.8 Å². The van der Waals surface area contributed by atoms with Gasteiger partial charge in [-0.25, -0.2) is 0 Å². The van der Waals surface area contributed by atoms with Crippen molar-refractivity contribution in [3.05, 3.63) is 108 Å². The fourth-order valence-electron chi connectivity index (χ4n) is 6.18. The molecule has 5 rings (SSSR count). The van der Waals surface area contributed by atoms with Crippen LogP contribution >= 0.6 is 12.4 Å². The zero-order valence-corrected chi connectivity index (χ0v) is 21.4. The van der Waals surface area contributed by atoms with Gasteiger partial charge in [-0.2, -0.15) is 0 Å². The predicted octanol–water partition coefficient (Wildman–Crippen LogP) is 6.62. The Labute approximate surface area is 216 Å². The van der Waals surface area contributed by atoms with Gasteiger partial charge in [0.05, 0.1) is 0 Å². The minimum absolute atomic E-state index is 0. The van der Waals surface area contributed by atoms with Crippen molar-refractivity contribution >= 4 is 18.3 Å². The van der Waals surface area contributed by atoms with E-state index >= 15 is 0 Å². The van der Waals surface area contributed by atoms with Crippen LogP contribution in [0.5, 0.6) is 0 Å². The molecule has 2 aliphatic rings. The first-order chi connectivity index (χ1) is 16.7. The number of carbonyl (C=O) groups is 1. The van der Waals surface area contributed by atoms with E-state index in [2.05, 4.69) is 65.6 Å². The second-order valence-corrected chi connectivity index (χ2v) is 10.2. The molecule has 0 N–H and O–H groups in total. The Bertz CT molecular complexity index is 1050. The molecule has 1 saturated carbocycles. The maximum atomic E-state index is 13.2. The fourth-order valence-corrected chi connectivity index (χ4v) is 6.18. The maximum absolute atomic E-state index is 13.2. The Morgan fingerprint density at radius 2 is 1.34 bits per heavy atom. The van der Waals surface area contributed by atoms with Crippen LogP contribution in [0.4, 0.5) is 0 Å². The quantitative estimate of drug-likeness (QED) is 0.389. The third-order valence-electron chi connectivity index (χ3n) is 8.14. The molecular weight excluding hydrogens is 452 g/mol. The minimum atomic E-state index is 0. The van der Waals surface area contributed by atoms with Gasteiger partial charge in [-0.1, -0.05) is 78.9 Å². The molecule has 4 heteroatoms. The van der Waals surface area contributed by atoms with E-state index < -0.39 is 0 Å². The maximum Gasteiger partial charge on any atom is 0.253 e. The van der Waals surface area contributed by atoms with Crippen LogP contribution in [-0.2, 0) is 0 Å². The first kappa shape index (κ1) is 25.5. The second kappa shape index (κ2) is 11.9. The van der Waals surface area contributed by atoms with Crippen molar-refractivity contribution in [2.24, 2.45) is 5.92 Å². The largest absolute Gasteiger partial charge is 0.339 e. The Morgan fingerprint density at radius 1 is 0.800 bits per heavy atom. The standard InChI is InChI=1S/C31H36N2O.ClH/c1-32(31(34)27-15-9-4-10-16-27)29-21-28(30(22-29)26-13-7-3-8-14-26)23-33-19-17-25(18-20-33)24-11-5-2-6-12-24;/h2-16,25,28-30H,17-23H2,1H3;1H. The van der Waals surface area contributed by atoms with E-state index in [9.17, 15) is 4.79 Å². The average Bonchev–Trinajstić information content (AvgIpc) is 3.33. The van der Waals surface area contributed by atoms with Crippen molar-refractivity contribution < 1.29 is 4.79 Å². The third-order valence-corrected chi connectivity index (χ3v) is 8.14. The van der Waals surface area contributed by atoms with Gasteiger partial charge in [-0.05, 0) is 79.8 Å². The van der Waals surface area contributed by atoms with Gasteiger partial charge in [0.25, 0.3) is 5.91 Å². The summed E-state index contributed by atoms with van der Waals surface area (Å²) < 4.78 is 0. The predicted molar refractivity (Wildman–Crippen MR) is 146 cm³/mol. The highest BCUT2D eigenvalue weighted by molar-refractivity contribution is 5.94. The molecule has 2 fully saturated rings. The summed E-state index contributed by atoms with van der Waals surface area (Å²) >= 11 is 0. The van der Waals surface area contributed by atoms with Crippen molar-refractivity contribution in [3.63, 3.8) is 0 Å². The molecule has 35 heavy (non-hydrogen) atoms. The van der Waals surface area contributed by atoms with Crippen molar-refractivity contribution in [2.75, 3.05) is 26.7 Å². The zero-order chi connectivity index (χ0) is 23.3. The molecule has 1 heterocycles. The monoisotopic (exact) mass is 488 g/mol. The summed E-state index contributed by atoms with van der Waals surface area (Å²) in [5.74, 6) is 1.91. The molecule has 0 aromatic heterocycles.